The SMILES string of the molecule is CCOC(=O)c1cc(F)nc(C(F)F)c1F. The summed E-state index contributed by atoms with van der Waals surface area (Å²) in [7, 11) is 0. The molecule has 0 N–H and O–H groups in total. The van der Waals surface area contributed by atoms with Gasteiger partial charge < -0.3 is 4.74 Å². The minimum Gasteiger partial charge on any atom is -0.462 e. The molecule has 0 saturated carbocycles. The number of alkyl halides is 2. The second-order valence-electron chi connectivity index (χ2n) is 2.71. The number of carbonyl (C=O) groups is 1. The van der Waals surface area contributed by atoms with E-state index >= 15 is 0 Å². The van der Waals surface area contributed by atoms with Crippen molar-refractivity contribution in [3.63, 3.8) is 0 Å². The third kappa shape index (κ3) is 2.47. The molecular weight excluding hydrogens is 230 g/mol. The van der Waals surface area contributed by atoms with Gasteiger partial charge >= 0.3 is 5.97 Å². The van der Waals surface area contributed by atoms with Crippen LogP contribution in [0.15, 0.2) is 6.07 Å². The predicted molar refractivity (Wildman–Crippen MR) is 45.1 cm³/mol. The lowest BCUT2D eigenvalue weighted by Crippen LogP contribution is -2.12. The molecule has 0 aliphatic rings. The van der Waals surface area contributed by atoms with Crippen LogP contribution in [0.3, 0.4) is 0 Å². The molecule has 0 aliphatic heterocycles. The van der Waals surface area contributed by atoms with Crippen molar-refractivity contribution >= 4 is 5.97 Å². The zero-order valence-electron chi connectivity index (χ0n) is 8.14. The summed E-state index contributed by atoms with van der Waals surface area (Å²) in [5.74, 6) is -4.13. The molecule has 16 heavy (non-hydrogen) atoms. The van der Waals surface area contributed by atoms with Gasteiger partial charge in [0.25, 0.3) is 6.43 Å². The van der Waals surface area contributed by atoms with E-state index in [0.717, 1.165) is 0 Å². The fraction of sp³-hybridized carbons (Fsp3) is 0.333. The number of carbonyl (C=O) groups excluding carboxylic acids is 1. The van der Waals surface area contributed by atoms with Crippen LogP contribution >= 0.6 is 0 Å². The fourth-order valence-electron chi connectivity index (χ4n) is 1.02. The number of nitrogens with zero attached hydrogens (tertiary/aromatic N) is 1. The van der Waals surface area contributed by atoms with Gasteiger partial charge in [0.1, 0.15) is 11.3 Å². The smallest absolute Gasteiger partial charge is 0.341 e. The van der Waals surface area contributed by atoms with Crippen LogP contribution in [0, 0.1) is 11.8 Å². The summed E-state index contributed by atoms with van der Waals surface area (Å²) in [6.45, 7) is 1.37. The maximum atomic E-state index is 13.3. The molecule has 88 valence electrons. The van der Waals surface area contributed by atoms with E-state index in [9.17, 15) is 22.4 Å². The van der Waals surface area contributed by atoms with Crippen LogP contribution in [-0.4, -0.2) is 17.6 Å². The average molecular weight is 237 g/mol. The second-order valence-corrected chi connectivity index (χ2v) is 2.71. The van der Waals surface area contributed by atoms with E-state index in [0.29, 0.717) is 6.07 Å². The summed E-state index contributed by atoms with van der Waals surface area (Å²) in [6, 6.07) is 0.416. The van der Waals surface area contributed by atoms with Crippen LogP contribution in [0.5, 0.6) is 0 Å². The molecule has 0 aliphatic carbocycles. The number of esters is 1. The number of ether oxygens (including phenoxy) is 1. The molecule has 1 aromatic heterocycles. The monoisotopic (exact) mass is 237 g/mol. The number of hydrogen-bond acceptors (Lipinski definition) is 3. The van der Waals surface area contributed by atoms with Gasteiger partial charge in [-0.25, -0.2) is 22.9 Å². The maximum Gasteiger partial charge on any atom is 0.341 e. The van der Waals surface area contributed by atoms with Crippen molar-refractivity contribution in [1.82, 2.24) is 4.98 Å². The van der Waals surface area contributed by atoms with Crippen LogP contribution in [-0.2, 0) is 4.74 Å². The number of rotatable bonds is 3. The zero-order valence-corrected chi connectivity index (χ0v) is 8.14. The topological polar surface area (TPSA) is 39.2 Å². The Morgan fingerprint density at radius 2 is 2.12 bits per heavy atom. The van der Waals surface area contributed by atoms with E-state index < -0.39 is 35.4 Å². The van der Waals surface area contributed by atoms with Gasteiger partial charge in [-0.05, 0) is 6.92 Å². The predicted octanol–water partition coefficient (Wildman–Crippen LogP) is 2.47. The van der Waals surface area contributed by atoms with E-state index in [1.54, 1.807) is 0 Å². The molecule has 0 bridgehead atoms. The van der Waals surface area contributed by atoms with E-state index in [-0.39, 0.29) is 6.61 Å². The van der Waals surface area contributed by atoms with Crippen molar-refractivity contribution in [2.75, 3.05) is 6.61 Å². The number of pyridine rings is 1. The molecule has 3 nitrogen and oxygen atoms in total. The molecule has 0 aromatic carbocycles. The molecule has 0 amide bonds. The van der Waals surface area contributed by atoms with Gasteiger partial charge in [0.2, 0.25) is 5.95 Å². The molecule has 1 rings (SSSR count). The largest absolute Gasteiger partial charge is 0.462 e. The molecule has 0 radical (unpaired) electrons. The van der Waals surface area contributed by atoms with Crippen molar-refractivity contribution in [1.29, 1.82) is 0 Å². The Kier molecular flexibility index (Phi) is 3.81. The first-order valence-electron chi connectivity index (χ1n) is 4.28. The highest BCUT2D eigenvalue weighted by molar-refractivity contribution is 5.89. The molecular formula is C9H7F4NO2. The molecule has 1 heterocycles. The van der Waals surface area contributed by atoms with E-state index in [2.05, 4.69) is 9.72 Å². The van der Waals surface area contributed by atoms with Crippen molar-refractivity contribution in [3.8, 4) is 0 Å². The molecule has 0 unspecified atom stereocenters. The maximum absolute atomic E-state index is 13.3. The van der Waals surface area contributed by atoms with Crippen molar-refractivity contribution in [2.45, 2.75) is 13.3 Å². The van der Waals surface area contributed by atoms with Crippen LogP contribution < -0.4 is 0 Å². The highest BCUT2D eigenvalue weighted by Crippen LogP contribution is 2.23. The Labute approximate surface area is 88.0 Å². The fourth-order valence-corrected chi connectivity index (χ4v) is 1.02. The Morgan fingerprint density at radius 3 is 2.62 bits per heavy atom. The molecule has 0 fully saturated rings. The summed E-state index contributed by atoms with van der Waals surface area (Å²) >= 11 is 0. The molecule has 0 atom stereocenters. The molecule has 0 spiro atoms. The third-order valence-corrected chi connectivity index (χ3v) is 1.65. The average Bonchev–Trinajstić information content (AvgIpc) is 2.20. The van der Waals surface area contributed by atoms with Gasteiger partial charge in [-0.15, -0.1) is 0 Å². The zero-order chi connectivity index (χ0) is 12.3. The number of aromatic nitrogens is 1. The first-order chi connectivity index (χ1) is 7.47. The highest BCUT2D eigenvalue weighted by Gasteiger charge is 2.24. The Hall–Kier alpha value is -1.66. The summed E-state index contributed by atoms with van der Waals surface area (Å²) in [4.78, 5) is 13.8. The number of hydrogen-bond donors (Lipinski definition) is 0. The van der Waals surface area contributed by atoms with E-state index in [4.69, 9.17) is 0 Å². The first kappa shape index (κ1) is 12.4. The first-order valence-corrected chi connectivity index (χ1v) is 4.28. The van der Waals surface area contributed by atoms with Gasteiger partial charge in [-0.2, -0.15) is 4.39 Å². The lowest BCUT2D eigenvalue weighted by atomic mass is 10.2. The van der Waals surface area contributed by atoms with Crippen molar-refractivity contribution in [2.24, 2.45) is 0 Å². The van der Waals surface area contributed by atoms with Crippen molar-refractivity contribution < 1.29 is 27.1 Å². The van der Waals surface area contributed by atoms with Gasteiger partial charge in [-0.1, -0.05) is 0 Å². The molecule has 1 aromatic rings. The minimum absolute atomic E-state index is 0.0772. The summed E-state index contributed by atoms with van der Waals surface area (Å²) in [5, 5.41) is 0. The van der Waals surface area contributed by atoms with Gasteiger partial charge in [-0.3, -0.25) is 0 Å². The van der Waals surface area contributed by atoms with Crippen molar-refractivity contribution in [3.05, 3.63) is 29.1 Å². The second kappa shape index (κ2) is 4.91. The Bertz CT molecular complexity index is 409. The summed E-state index contributed by atoms with van der Waals surface area (Å²) < 4.78 is 54.8. The van der Waals surface area contributed by atoms with Crippen LogP contribution in [0.4, 0.5) is 17.6 Å². The molecule has 0 saturated heterocycles. The highest BCUT2D eigenvalue weighted by atomic mass is 19.3. The summed E-state index contributed by atoms with van der Waals surface area (Å²) in [6.07, 6.45) is -3.30. The van der Waals surface area contributed by atoms with Gasteiger partial charge in [0, 0.05) is 6.07 Å². The third-order valence-electron chi connectivity index (χ3n) is 1.65. The van der Waals surface area contributed by atoms with Crippen LogP contribution in [0.25, 0.3) is 0 Å². The Morgan fingerprint density at radius 1 is 1.50 bits per heavy atom. The summed E-state index contributed by atoms with van der Waals surface area (Å²) in [5.41, 5.74) is -2.28. The van der Waals surface area contributed by atoms with Crippen LogP contribution in [0.1, 0.15) is 29.4 Å². The lowest BCUT2D eigenvalue weighted by Gasteiger charge is -2.06. The van der Waals surface area contributed by atoms with Crippen LogP contribution in [0.2, 0.25) is 0 Å². The van der Waals surface area contributed by atoms with Gasteiger partial charge in [0.05, 0.1) is 6.61 Å². The van der Waals surface area contributed by atoms with E-state index in [1.807, 2.05) is 0 Å². The minimum atomic E-state index is -3.30. The normalized spacial score (nSPS) is 10.6. The van der Waals surface area contributed by atoms with Gasteiger partial charge in [0.15, 0.2) is 5.82 Å². The Balaban J connectivity index is 3.24. The lowest BCUT2D eigenvalue weighted by molar-refractivity contribution is 0.0518. The standard InChI is InChI=1S/C9H7F4NO2/c1-2-16-9(15)4-3-5(10)14-7(6(4)11)8(12)13/h3,8H,2H2,1H3. The molecule has 7 heteroatoms. The quantitative estimate of drug-likeness (QED) is 0.460. The van der Waals surface area contributed by atoms with E-state index in [1.165, 1.54) is 6.92 Å². The number of halogens is 4.